The molecule has 0 saturated heterocycles. The van der Waals surface area contributed by atoms with Gasteiger partial charge >= 0.3 is 6.18 Å². The summed E-state index contributed by atoms with van der Waals surface area (Å²) in [6.45, 7) is 0. The molecule has 1 aliphatic heterocycles. The van der Waals surface area contributed by atoms with Crippen LogP contribution < -0.4 is 16.4 Å². The zero-order valence-electron chi connectivity index (χ0n) is 12.9. The standard InChI is InChI=1S/C14H19F3N6/c1-19-12-9(13(15,16)17)6-20-14(18,21-12)10-7-23(2)22-11(10)8-4-3-5-8/h6-8,19,21H,3-5,18H2,1-2H3. The lowest BCUT2D eigenvalue weighted by molar-refractivity contribution is -0.0875. The molecule has 0 bridgehead atoms. The number of halogens is 3. The predicted molar refractivity (Wildman–Crippen MR) is 79.4 cm³/mol. The summed E-state index contributed by atoms with van der Waals surface area (Å²) in [5.41, 5.74) is 6.81. The third kappa shape index (κ3) is 2.69. The molecule has 1 aromatic heterocycles. The Bertz CT molecular complexity index is 671. The first-order valence-corrected chi connectivity index (χ1v) is 7.40. The normalized spacial score (nSPS) is 25.3. The van der Waals surface area contributed by atoms with Crippen LogP contribution in [0.25, 0.3) is 0 Å². The molecule has 6 nitrogen and oxygen atoms in total. The van der Waals surface area contributed by atoms with E-state index in [2.05, 4.69) is 20.7 Å². The Morgan fingerprint density at radius 2 is 2.13 bits per heavy atom. The van der Waals surface area contributed by atoms with Crippen molar-refractivity contribution in [2.75, 3.05) is 7.05 Å². The second-order valence-corrected chi connectivity index (χ2v) is 5.92. The number of aryl methyl sites for hydroxylation is 1. The van der Waals surface area contributed by atoms with Gasteiger partial charge in [0.15, 0.2) is 0 Å². The number of nitrogens with one attached hydrogen (secondary N) is 2. The topological polar surface area (TPSA) is 80.3 Å². The quantitative estimate of drug-likeness (QED) is 0.784. The van der Waals surface area contributed by atoms with Crippen LogP contribution in [0.2, 0.25) is 0 Å². The third-order valence-corrected chi connectivity index (χ3v) is 4.30. The molecule has 1 aromatic rings. The van der Waals surface area contributed by atoms with E-state index < -0.39 is 17.5 Å². The van der Waals surface area contributed by atoms with Crippen molar-refractivity contribution in [3.8, 4) is 0 Å². The van der Waals surface area contributed by atoms with Crippen LogP contribution in [0.15, 0.2) is 22.6 Å². The summed E-state index contributed by atoms with van der Waals surface area (Å²) in [5.74, 6) is -1.38. The molecular weight excluding hydrogens is 309 g/mol. The molecule has 1 unspecified atom stereocenters. The fraction of sp³-hybridized carbons (Fsp3) is 0.571. The van der Waals surface area contributed by atoms with Crippen molar-refractivity contribution in [3.05, 3.63) is 28.8 Å². The molecule has 0 aromatic carbocycles. The minimum Gasteiger partial charge on any atom is -0.374 e. The van der Waals surface area contributed by atoms with Crippen molar-refractivity contribution >= 4 is 6.21 Å². The second-order valence-electron chi connectivity index (χ2n) is 5.92. The molecule has 2 heterocycles. The van der Waals surface area contributed by atoms with Gasteiger partial charge in [-0.15, -0.1) is 0 Å². The minimum absolute atomic E-state index is 0.196. The van der Waals surface area contributed by atoms with Crippen LogP contribution in [0.1, 0.15) is 36.4 Å². The summed E-state index contributed by atoms with van der Waals surface area (Å²) in [5, 5.41) is 9.64. The molecule has 0 amide bonds. The molecule has 23 heavy (non-hydrogen) atoms. The molecule has 1 saturated carbocycles. The van der Waals surface area contributed by atoms with Crippen LogP contribution in [0, 0.1) is 0 Å². The first-order chi connectivity index (χ1) is 10.7. The van der Waals surface area contributed by atoms with Crippen LogP contribution in [-0.4, -0.2) is 29.2 Å². The van der Waals surface area contributed by atoms with Crippen LogP contribution in [0.5, 0.6) is 0 Å². The van der Waals surface area contributed by atoms with E-state index in [0.29, 0.717) is 5.56 Å². The lowest BCUT2D eigenvalue weighted by Gasteiger charge is -2.35. The number of aliphatic imine (C=N–C) groups is 1. The number of alkyl halides is 3. The summed E-state index contributed by atoms with van der Waals surface area (Å²) in [7, 11) is 3.17. The molecule has 0 spiro atoms. The van der Waals surface area contributed by atoms with Gasteiger partial charge in [-0.25, -0.2) is 4.99 Å². The largest absolute Gasteiger partial charge is 0.421 e. The summed E-state index contributed by atoms with van der Waals surface area (Å²) in [4.78, 5) is 3.96. The Morgan fingerprint density at radius 1 is 1.43 bits per heavy atom. The highest BCUT2D eigenvalue weighted by atomic mass is 19.4. The van der Waals surface area contributed by atoms with E-state index >= 15 is 0 Å². The van der Waals surface area contributed by atoms with E-state index in [9.17, 15) is 13.2 Å². The maximum absolute atomic E-state index is 13.0. The van der Waals surface area contributed by atoms with Gasteiger partial charge in [0.1, 0.15) is 11.4 Å². The highest BCUT2D eigenvalue weighted by Crippen LogP contribution is 2.40. The van der Waals surface area contributed by atoms with Gasteiger partial charge in [0.05, 0.1) is 11.3 Å². The Kier molecular flexibility index (Phi) is 3.62. The maximum Gasteiger partial charge on any atom is 0.421 e. The first-order valence-electron chi connectivity index (χ1n) is 7.40. The lowest BCUT2D eigenvalue weighted by atomic mass is 9.80. The summed E-state index contributed by atoms with van der Waals surface area (Å²) < 4.78 is 40.7. The van der Waals surface area contributed by atoms with E-state index in [1.165, 1.54) is 7.05 Å². The SMILES string of the molecule is CNC1=C(C(F)(F)F)C=NC(N)(c2cn(C)nc2C2CCC2)N1. The highest BCUT2D eigenvalue weighted by Gasteiger charge is 2.43. The summed E-state index contributed by atoms with van der Waals surface area (Å²) in [6.07, 6.45) is 1.11. The number of rotatable bonds is 3. The molecule has 1 atom stereocenters. The van der Waals surface area contributed by atoms with Gasteiger partial charge in [-0.3, -0.25) is 10.4 Å². The highest BCUT2D eigenvalue weighted by molar-refractivity contribution is 5.82. The van der Waals surface area contributed by atoms with Crippen molar-refractivity contribution in [3.63, 3.8) is 0 Å². The second kappa shape index (κ2) is 5.26. The van der Waals surface area contributed by atoms with Gasteiger partial charge in [-0.05, 0) is 12.8 Å². The molecule has 0 radical (unpaired) electrons. The molecular formula is C14H19F3N6. The third-order valence-electron chi connectivity index (χ3n) is 4.30. The monoisotopic (exact) mass is 328 g/mol. The van der Waals surface area contributed by atoms with Gasteiger partial charge in [-0.2, -0.15) is 18.3 Å². The fourth-order valence-electron chi connectivity index (χ4n) is 2.85. The average molecular weight is 328 g/mol. The first kappa shape index (κ1) is 15.9. The number of nitrogens with zero attached hydrogens (tertiary/aromatic N) is 3. The molecule has 2 aliphatic rings. The Hall–Kier alpha value is -2.03. The Balaban J connectivity index is 1.99. The van der Waals surface area contributed by atoms with Gasteiger partial charge in [0, 0.05) is 32.4 Å². The van der Waals surface area contributed by atoms with Crippen LogP contribution >= 0.6 is 0 Å². The molecule has 126 valence electrons. The van der Waals surface area contributed by atoms with Crippen molar-refractivity contribution in [1.82, 2.24) is 20.4 Å². The lowest BCUT2D eigenvalue weighted by Crippen LogP contribution is -2.54. The number of hydrogen-bond donors (Lipinski definition) is 3. The van der Waals surface area contributed by atoms with E-state index in [1.807, 2.05) is 0 Å². The van der Waals surface area contributed by atoms with E-state index in [0.717, 1.165) is 31.2 Å². The minimum atomic E-state index is -4.51. The van der Waals surface area contributed by atoms with Gasteiger partial charge < -0.3 is 10.6 Å². The van der Waals surface area contributed by atoms with Gasteiger partial charge in [0.2, 0.25) is 5.79 Å². The number of aromatic nitrogens is 2. The zero-order chi connectivity index (χ0) is 16.8. The van der Waals surface area contributed by atoms with Crippen molar-refractivity contribution in [1.29, 1.82) is 0 Å². The molecule has 4 N–H and O–H groups in total. The number of hydrogen-bond acceptors (Lipinski definition) is 5. The number of nitrogens with two attached hydrogens (primary N) is 1. The average Bonchev–Trinajstić information content (AvgIpc) is 2.77. The summed E-state index contributed by atoms with van der Waals surface area (Å²) >= 11 is 0. The van der Waals surface area contributed by atoms with Gasteiger partial charge in [0.25, 0.3) is 0 Å². The molecule has 3 rings (SSSR count). The molecule has 9 heteroatoms. The van der Waals surface area contributed by atoms with E-state index in [1.54, 1.807) is 17.9 Å². The zero-order valence-corrected chi connectivity index (χ0v) is 12.9. The molecule has 1 fully saturated rings. The van der Waals surface area contributed by atoms with Crippen molar-refractivity contribution in [2.24, 2.45) is 17.8 Å². The van der Waals surface area contributed by atoms with E-state index in [-0.39, 0.29) is 11.7 Å². The smallest absolute Gasteiger partial charge is 0.374 e. The summed E-state index contributed by atoms with van der Waals surface area (Å²) in [6, 6.07) is 0. The maximum atomic E-state index is 13.0. The van der Waals surface area contributed by atoms with Crippen molar-refractivity contribution < 1.29 is 13.2 Å². The predicted octanol–water partition coefficient (Wildman–Crippen LogP) is 1.42. The van der Waals surface area contributed by atoms with E-state index in [4.69, 9.17) is 5.73 Å². The Morgan fingerprint density at radius 3 is 2.65 bits per heavy atom. The van der Waals surface area contributed by atoms with Crippen LogP contribution in [-0.2, 0) is 12.8 Å². The van der Waals surface area contributed by atoms with Crippen LogP contribution in [0.4, 0.5) is 13.2 Å². The van der Waals surface area contributed by atoms with Crippen LogP contribution in [0.3, 0.4) is 0 Å². The number of allylic oxidation sites excluding steroid dienone is 1. The molecule has 1 aliphatic carbocycles. The fourth-order valence-corrected chi connectivity index (χ4v) is 2.85. The van der Waals surface area contributed by atoms with Crippen molar-refractivity contribution in [2.45, 2.75) is 37.1 Å². The Labute approximate surface area is 131 Å². The van der Waals surface area contributed by atoms with Gasteiger partial charge in [-0.1, -0.05) is 6.42 Å².